The summed E-state index contributed by atoms with van der Waals surface area (Å²) in [4.78, 5) is 16.1. The molecule has 0 saturated carbocycles. The summed E-state index contributed by atoms with van der Waals surface area (Å²) in [7, 11) is 4.26. The van der Waals surface area contributed by atoms with E-state index in [2.05, 4.69) is 23.9 Å². The SMILES string of the molecule is CN1CCC(N(C)Cc2ccc([N+](=O)[O-])s2)CC1. The van der Waals surface area contributed by atoms with Gasteiger partial charge < -0.3 is 4.90 Å². The van der Waals surface area contributed by atoms with E-state index in [9.17, 15) is 10.1 Å². The number of thiophene rings is 1. The smallest absolute Gasteiger partial charge is 0.306 e. The zero-order valence-electron chi connectivity index (χ0n) is 10.8. The Balaban J connectivity index is 1.90. The van der Waals surface area contributed by atoms with Crippen LogP contribution in [0.25, 0.3) is 0 Å². The molecule has 18 heavy (non-hydrogen) atoms. The lowest BCUT2D eigenvalue weighted by molar-refractivity contribution is -0.380. The van der Waals surface area contributed by atoms with Gasteiger partial charge in [0, 0.05) is 23.5 Å². The minimum atomic E-state index is -0.316. The van der Waals surface area contributed by atoms with E-state index in [0.29, 0.717) is 6.04 Å². The molecule has 0 aliphatic carbocycles. The van der Waals surface area contributed by atoms with Crippen LogP contribution in [-0.4, -0.2) is 47.9 Å². The molecule has 0 unspecified atom stereocenters. The molecule has 0 aromatic carbocycles. The van der Waals surface area contributed by atoms with E-state index in [1.165, 1.54) is 24.2 Å². The van der Waals surface area contributed by atoms with Gasteiger partial charge in [-0.1, -0.05) is 11.3 Å². The molecular weight excluding hydrogens is 250 g/mol. The first kappa shape index (κ1) is 13.5. The summed E-state index contributed by atoms with van der Waals surface area (Å²) in [5.41, 5.74) is 0. The molecular formula is C12H19N3O2S. The van der Waals surface area contributed by atoms with Gasteiger partial charge in [0.05, 0.1) is 4.92 Å². The average Bonchev–Trinajstić information content (AvgIpc) is 2.78. The summed E-state index contributed by atoms with van der Waals surface area (Å²) < 4.78 is 0. The van der Waals surface area contributed by atoms with Gasteiger partial charge in [-0.05, 0) is 46.1 Å². The zero-order chi connectivity index (χ0) is 13.1. The maximum atomic E-state index is 10.6. The van der Waals surface area contributed by atoms with Crippen LogP contribution in [0, 0.1) is 10.1 Å². The van der Waals surface area contributed by atoms with Gasteiger partial charge in [0.1, 0.15) is 0 Å². The molecule has 0 radical (unpaired) electrons. The molecule has 0 spiro atoms. The van der Waals surface area contributed by atoms with E-state index >= 15 is 0 Å². The highest BCUT2D eigenvalue weighted by Gasteiger charge is 2.21. The first-order valence-electron chi connectivity index (χ1n) is 6.18. The van der Waals surface area contributed by atoms with Crippen LogP contribution >= 0.6 is 11.3 Å². The molecule has 2 heterocycles. The summed E-state index contributed by atoms with van der Waals surface area (Å²) in [5, 5.41) is 10.9. The van der Waals surface area contributed by atoms with Crippen molar-refractivity contribution in [2.75, 3.05) is 27.2 Å². The minimum absolute atomic E-state index is 0.238. The third-order valence-corrected chi connectivity index (χ3v) is 4.57. The second-order valence-electron chi connectivity index (χ2n) is 4.95. The van der Waals surface area contributed by atoms with Crippen LogP contribution < -0.4 is 0 Å². The number of hydrogen-bond donors (Lipinski definition) is 0. The lowest BCUT2D eigenvalue weighted by Crippen LogP contribution is -2.41. The molecule has 5 nitrogen and oxygen atoms in total. The molecule has 0 atom stereocenters. The molecule has 6 heteroatoms. The monoisotopic (exact) mass is 269 g/mol. The van der Waals surface area contributed by atoms with Gasteiger partial charge in [0.15, 0.2) is 0 Å². The van der Waals surface area contributed by atoms with Crippen LogP contribution in [0.3, 0.4) is 0 Å². The van der Waals surface area contributed by atoms with E-state index < -0.39 is 0 Å². The van der Waals surface area contributed by atoms with Crippen molar-refractivity contribution in [2.45, 2.75) is 25.4 Å². The molecule has 0 bridgehead atoms. The van der Waals surface area contributed by atoms with Crippen molar-refractivity contribution in [3.63, 3.8) is 0 Å². The van der Waals surface area contributed by atoms with Gasteiger partial charge in [0.2, 0.25) is 0 Å². The molecule has 1 aliphatic heterocycles. The van der Waals surface area contributed by atoms with Gasteiger partial charge in [-0.25, -0.2) is 0 Å². The van der Waals surface area contributed by atoms with Crippen LogP contribution in [0.15, 0.2) is 12.1 Å². The van der Waals surface area contributed by atoms with Crippen molar-refractivity contribution < 1.29 is 4.92 Å². The molecule has 2 rings (SSSR count). The van der Waals surface area contributed by atoms with Crippen LogP contribution in [0.4, 0.5) is 5.00 Å². The van der Waals surface area contributed by atoms with Crippen molar-refractivity contribution in [1.82, 2.24) is 9.80 Å². The first-order valence-corrected chi connectivity index (χ1v) is 7.00. The van der Waals surface area contributed by atoms with Crippen molar-refractivity contribution in [3.8, 4) is 0 Å². The average molecular weight is 269 g/mol. The van der Waals surface area contributed by atoms with Crippen LogP contribution in [0.1, 0.15) is 17.7 Å². The summed E-state index contributed by atoms with van der Waals surface area (Å²) in [6.07, 6.45) is 2.36. The van der Waals surface area contributed by atoms with Crippen LogP contribution in [0.5, 0.6) is 0 Å². The Morgan fingerprint density at radius 2 is 2.17 bits per heavy atom. The van der Waals surface area contributed by atoms with E-state index in [4.69, 9.17) is 0 Å². The van der Waals surface area contributed by atoms with Gasteiger partial charge in [-0.2, -0.15) is 0 Å². The van der Waals surface area contributed by atoms with Gasteiger partial charge >= 0.3 is 5.00 Å². The second kappa shape index (κ2) is 5.77. The minimum Gasteiger partial charge on any atom is -0.306 e. The van der Waals surface area contributed by atoms with E-state index in [1.54, 1.807) is 6.07 Å². The Kier molecular flexibility index (Phi) is 4.31. The molecule has 1 aromatic rings. The predicted octanol–water partition coefficient (Wildman–Crippen LogP) is 2.18. The van der Waals surface area contributed by atoms with Gasteiger partial charge in [-0.3, -0.25) is 15.0 Å². The Morgan fingerprint density at radius 1 is 1.50 bits per heavy atom. The number of rotatable bonds is 4. The Labute approximate surface area is 111 Å². The lowest BCUT2D eigenvalue weighted by atomic mass is 10.0. The summed E-state index contributed by atoms with van der Waals surface area (Å²) in [6, 6.07) is 4.07. The Hall–Kier alpha value is -0.980. The standard InChI is InChI=1S/C12H19N3O2S/c1-13-7-5-10(6-8-13)14(2)9-11-3-4-12(18-11)15(16)17/h3-4,10H,5-9H2,1-2H3. The fourth-order valence-electron chi connectivity index (χ4n) is 2.36. The van der Waals surface area contributed by atoms with Crippen molar-refractivity contribution in [2.24, 2.45) is 0 Å². The molecule has 1 saturated heterocycles. The predicted molar refractivity (Wildman–Crippen MR) is 73.0 cm³/mol. The number of nitro groups is 1. The summed E-state index contributed by atoms with van der Waals surface area (Å²) in [5.74, 6) is 0. The largest absolute Gasteiger partial charge is 0.324 e. The molecule has 0 N–H and O–H groups in total. The second-order valence-corrected chi connectivity index (χ2v) is 6.09. The fourth-order valence-corrected chi connectivity index (χ4v) is 3.24. The number of likely N-dealkylation sites (tertiary alicyclic amines) is 1. The highest BCUT2D eigenvalue weighted by molar-refractivity contribution is 7.15. The zero-order valence-corrected chi connectivity index (χ0v) is 11.7. The third kappa shape index (κ3) is 3.28. The van der Waals surface area contributed by atoms with Crippen molar-refractivity contribution >= 4 is 16.3 Å². The Morgan fingerprint density at radius 3 is 2.72 bits per heavy atom. The van der Waals surface area contributed by atoms with Crippen LogP contribution in [-0.2, 0) is 6.54 Å². The van der Waals surface area contributed by atoms with E-state index in [0.717, 1.165) is 24.5 Å². The van der Waals surface area contributed by atoms with E-state index in [1.807, 2.05) is 6.07 Å². The number of hydrogen-bond acceptors (Lipinski definition) is 5. The number of piperidine rings is 1. The number of nitrogens with zero attached hydrogens (tertiary/aromatic N) is 3. The highest BCUT2D eigenvalue weighted by Crippen LogP contribution is 2.26. The molecule has 1 fully saturated rings. The Bertz CT molecular complexity index is 413. The highest BCUT2D eigenvalue weighted by atomic mass is 32.1. The van der Waals surface area contributed by atoms with Gasteiger partial charge in [-0.15, -0.1) is 0 Å². The topological polar surface area (TPSA) is 49.6 Å². The molecule has 1 aromatic heterocycles. The lowest BCUT2D eigenvalue weighted by Gasteiger charge is -2.34. The normalized spacial score (nSPS) is 18.4. The third-order valence-electron chi connectivity index (χ3n) is 3.54. The fraction of sp³-hybridized carbons (Fsp3) is 0.667. The summed E-state index contributed by atoms with van der Waals surface area (Å²) in [6.45, 7) is 3.09. The van der Waals surface area contributed by atoms with Crippen molar-refractivity contribution in [1.29, 1.82) is 0 Å². The molecule has 0 amide bonds. The molecule has 100 valence electrons. The maximum Gasteiger partial charge on any atom is 0.324 e. The first-order chi connectivity index (χ1) is 8.56. The van der Waals surface area contributed by atoms with Crippen LogP contribution in [0.2, 0.25) is 0 Å². The molecule has 1 aliphatic rings. The van der Waals surface area contributed by atoms with Crippen molar-refractivity contribution in [3.05, 3.63) is 27.1 Å². The summed E-state index contributed by atoms with van der Waals surface area (Å²) >= 11 is 1.28. The van der Waals surface area contributed by atoms with Gasteiger partial charge in [0.25, 0.3) is 0 Å². The van der Waals surface area contributed by atoms with E-state index in [-0.39, 0.29) is 9.92 Å². The maximum absolute atomic E-state index is 10.6. The quantitative estimate of drug-likeness (QED) is 0.621.